The van der Waals surface area contributed by atoms with Crippen LogP contribution in [0.1, 0.15) is 63.7 Å². The van der Waals surface area contributed by atoms with Crippen molar-refractivity contribution in [2.45, 2.75) is 63.8 Å². The number of hydrogen-bond donors (Lipinski definition) is 2. The number of guanidine groups is 1. The monoisotopic (exact) mass is 496 g/mol. The molecule has 6 heteroatoms. The molecule has 1 aromatic heterocycles. The van der Waals surface area contributed by atoms with E-state index in [1.165, 1.54) is 31.2 Å². The number of halogens is 1. The molecular formula is C22H33IN4O. The number of benzene rings is 1. The number of oxazole rings is 1. The van der Waals surface area contributed by atoms with E-state index in [0.717, 1.165) is 18.3 Å². The Balaban J connectivity index is 0.00000280. The van der Waals surface area contributed by atoms with Crippen LogP contribution in [0.3, 0.4) is 0 Å². The maximum absolute atomic E-state index is 5.85. The lowest BCUT2D eigenvalue weighted by molar-refractivity contribution is 0.379. The Hall–Kier alpha value is -1.57. The molecule has 0 spiro atoms. The van der Waals surface area contributed by atoms with Crippen molar-refractivity contribution >= 4 is 29.9 Å². The second-order valence-corrected chi connectivity index (χ2v) is 8.50. The largest absolute Gasteiger partial charge is 0.443 e. The van der Waals surface area contributed by atoms with Crippen molar-refractivity contribution in [3.63, 3.8) is 0 Å². The summed E-state index contributed by atoms with van der Waals surface area (Å²) in [4.78, 5) is 8.75. The van der Waals surface area contributed by atoms with Gasteiger partial charge in [-0.3, -0.25) is 4.99 Å². The molecule has 0 bridgehead atoms. The number of rotatable bonds is 5. The fourth-order valence-electron chi connectivity index (χ4n) is 3.78. The van der Waals surface area contributed by atoms with Gasteiger partial charge in [0.05, 0.1) is 12.7 Å². The summed E-state index contributed by atoms with van der Waals surface area (Å²) in [5.41, 5.74) is 1.59. The predicted octanol–water partition coefficient (Wildman–Crippen LogP) is 4.77. The molecule has 1 aliphatic rings. The molecule has 2 N–H and O–H groups in total. The molecule has 0 amide bonds. The SMILES string of the molecule is CN=C(NCc1ncc(C(C)(C)C)o1)NCC1(c2ccccc2)CCCC1.I. The lowest BCUT2D eigenvalue weighted by Gasteiger charge is -2.30. The third kappa shape index (κ3) is 5.49. The summed E-state index contributed by atoms with van der Waals surface area (Å²) < 4.78 is 5.85. The molecule has 1 saturated carbocycles. The summed E-state index contributed by atoms with van der Waals surface area (Å²) in [6.07, 6.45) is 6.82. The van der Waals surface area contributed by atoms with Gasteiger partial charge in [-0.15, -0.1) is 24.0 Å². The molecule has 5 nitrogen and oxygen atoms in total. The van der Waals surface area contributed by atoms with Crippen molar-refractivity contribution in [1.29, 1.82) is 0 Å². The second kappa shape index (κ2) is 9.76. The fourth-order valence-corrected chi connectivity index (χ4v) is 3.78. The summed E-state index contributed by atoms with van der Waals surface area (Å²) in [5, 5.41) is 6.85. The van der Waals surface area contributed by atoms with E-state index in [0.29, 0.717) is 12.4 Å². The van der Waals surface area contributed by atoms with Crippen LogP contribution in [0.15, 0.2) is 45.9 Å². The van der Waals surface area contributed by atoms with Crippen molar-refractivity contribution in [1.82, 2.24) is 15.6 Å². The van der Waals surface area contributed by atoms with Crippen LogP contribution >= 0.6 is 24.0 Å². The molecule has 1 aliphatic carbocycles. The minimum Gasteiger partial charge on any atom is -0.443 e. The standard InChI is InChI=1S/C22H32N4O.HI/c1-21(2,3)18-14-24-19(27-18)15-25-20(23-4)26-16-22(12-8-9-13-22)17-10-6-5-7-11-17;/h5-7,10-11,14H,8-9,12-13,15-16H2,1-4H3,(H2,23,25,26);1H. The Bertz CT molecular complexity index is 758. The molecule has 28 heavy (non-hydrogen) atoms. The van der Waals surface area contributed by atoms with Crippen LogP contribution in [-0.2, 0) is 17.4 Å². The van der Waals surface area contributed by atoms with Crippen LogP contribution < -0.4 is 10.6 Å². The highest BCUT2D eigenvalue weighted by atomic mass is 127. The van der Waals surface area contributed by atoms with E-state index in [1.807, 2.05) is 6.20 Å². The van der Waals surface area contributed by atoms with Crippen LogP contribution in [-0.4, -0.2) is 24.5 Å². The zero-order valence-corrected chi connectivity index (χ0v) is 19.7. The quantitative estimate of drug-likeness (QED) is 0.356. The van der Waals surface area contributed by atoms with E-state index in [4.69, 9.17) is 4.42 Å². The van der Waals surface area contributed by atoms with Gasteiger partial charge in [-0.1, -0.05) is 63.9 Å². The van der Waals surface area contributed by atoms with Gasteiger partial charge < -0.3 is 15.1 Å². The number of aromatic nitrogens is 1. The van der Waals surface area contributed by atoms with Crippen LogP contribution in [0.25, 0.3) is 0 Å². The summed E-state index contributed by atoms with van der Waals surface area (Å²) in [6.45, 7) is 7.77. The average Bonchev–Trinajstić information content (AvgIpc) is 3.33. The van der Waals surface area contributed by atoms with Crippen molar-refractivity contribution in [3.05, 3.63) is 53.7 Å². The summed E-state index contributed by atoms with van der Waals surface area (Å²) >= 11 is 0. The average molecular weight is 496 g/mol. The van der Waals surface area contributed by atoms with Gasteiger partial charge in [0.15, 0.2) is 5.96 Å². The van der Waals surface area contributed by atoms with Crippen LogP contribution in [0.4, 0.5) is 0 Å². The molecule has 0 saturated heterocycles. The van der Waals surface area contributed by atoms with E-state index in [1.54, 1.807) is 7.05 Å². The highest BCUT2D eigenvalue weighted by Gasteiger charge is 2.35. The van der Waals surface area contributed by atoms with Crippen molar-refractivity contribution in [2.75, 3.05) is 13.6 Å². The molecule has 2 aromatic rings. The van der Waals surface area contributed by atoms with Gasteiger partial charge in [-0.25, -0.2) is 4.98 Å². The molecule has 154 valence electrons. The van der Waals surface area contributed by atoms with E-state index in [-0.39, 0.29) is 34.8 Å². The van der Waals surface area contributed by atoms with Gasteiger partial charge in [0.1, 0.15) is 5.76 Å². The first-order valence-corrected chi connectivity index (χ1v) is 9.88. The first-order chi connectivity index (χ1) is 12.9. The third-order valence-electron chi connectivity index (χ3n) is 5.46. The normalized spacial score (nSPS) is 16.5. The highest BCUT2D eigenvalue weighted by Crippen LogP contribution is 2.40. The summed E-state index contributed by atoms with van der Waals surface area (Å²) in [5.74, 6) is 2.37. The van der Waals surface area contributed by atoms with E-state index in [9.17, 15) is 0 Å². The smallest absolute Gasteiger partial charge is 0.213 e. The maximum atomic E-state index is 5.85. The number of nitrogens with zero attached hydrogens (tertiary/aromatic N) is 2. The zero-order chi connectivity index (χ0) is 19.3. The highest BCUT2D eigenvalue weighted by molar-refractivity contribution is 14.0. The van der Waals surface area contributed by atoms with Crippen LogP contribution in [0.2, 0.25) is 0 Å². The van der Waals surface area contributed by atoms with Gasteiger partial charge in [-0.05, 0) is 18.4 Å². The van der Waals surface area contributed by atoms with E-state index >= 15 is 0 Å². The molecule has 0 radical (unpaired) electrons. The van der Waals surface area contributed by atoms with Gasteiger partial charge >= 0.3 is 0 Å². The molecule has 0 unspecified atom stereocenters. The summed E-state index contributed by atoms with van der Waals surface area (Å²) in [7, 11) is 1.80. The first kappa shape index (κ1) is 22.7. The maximum Gasteiger partial charge on any atom is 0.213 e. The number of aliphatic imine (C=N–C) groups is 1. The Morgan fingerprint density at radius 1 is 1.14 bits per heavy atom. The van der Waals surface area contributed by atoms with E-state index < -0.39 is 0 Å². The van der Waals surface area contributed by atoms with Gasteiger partial charge in [-0.2, -0.15) is 0 Å². The fraction of sp³-hybridized carbons (Fsp3) is 0.545. The number of hydrogen-bond acceptors (Lipinski definition) is 3. The Morgan fingerprint density at radius 2 is 1.82 bits per heavy atom. The Morgan fingerprint density at radius 3 is 2.39 bits per heavy atom. The van der Waals surface area contributed by atoms with Gasteiger partial charge in [0, 0.05) is 24.4 Å². The Kier molecular flexibility index (Phi) is 7.92. The lowest BCUT2D eigenvalue weighted by atomic mass is 9.79. The molecular weight excluding hydrogens is 463 g/mol. The molecule has 0 aliphatic heterocycles. The summed E-state index contributed by atoms with van der Waals surface area (Å²) in [6, 6.07) is 10.9. The molecule has 3 rings (SSSR count). The zero-order valence-electron chi connectivity index (χ0n) is 17.4. The first-order valence-electron chi connectivity index (χ1n) is 9.88. The minimum atomic E-state index is -0.0320. The van der Waals surface area contributed by atoms with Crippen molar-refractivity contribution in [3.8, 4) is 0 Å². The van der Waals surface area contributed by atoms with Crippen molar-refractivity contribution < 1.29 is 4.42 Å². The van der Waals surface area contributed by atoms with Crippen molar-refractivity contribution in [2.24, 2.45) is 4.99 Å². The molecule has 1 fully saturated rings. The molecule has 0 atom stereocenters. The molecule has 1 aromatic carbocycles. The molecule has 1 heterocycles. The number of nitrogens with one attached hydrogen (secondary N) is 2. The van der Waals surface area contributed by atoms with E-state index in [2.05, 4.69) is 71.7 Å². The van der Waals surface area contributed by atoms with Crippen LogP contribution in [0.5, 0.6) is 0 Å². The predicted molar refractivity (Wildman–Crippen MR) is 125 cm³/mol. The van der Waals surface area contributed by atoms with Crippen LogP contribution in [0, 0.1) is 0 Å². The minimum absolute atomic E-state index is 0. The second-order valence-electron chi connectivity index (χ2n) is 8.50. The third-order valence-corrected chi connectivity index (χ3v) is 5.46. The Labute approximate surface area is 185 Å². The van der Waals surface area contributed by atoms with Gasteiger partial charge in [0.2, 0.25) is 5.89 Å². The van der Waals surface area contributed by atoms with Gasteiger partial charge in [0.25, 0.3) is 0 Å². The topological polar surface area (TPSA) is 62.5 Å². The lowest BCUT2D eigenvalue weighted by Crippen LogP contribution is -2.44.